The number of aromatic nitrogens is 1. The minimum Gasteiger partial charge on any atom is -0.353 e. The molecule has 4 nitrogen and oxygen atoms in total. The van der Waals surface area contributed by atoms with Crippen LogP contribution in [0, 0.1) is 18.6 Å². The fraction of sp³-hybridized carbons (Fsp3) is 0.444. The molecule has 1 aliphatic carbocycles. The first-order valence-electron chi connectivity index (χ1n) is 8.36. The number of nitrogens with one attached hydrogen (secondary N) is 1. The lowest BCUT2D eigenvalue weighted by Crippen LogP contribution is -2.40. The normalized spacial score (nSPS) is 19.8. The fourth-order valence-corrected chi connectivity index (χ4v) is 3.53. The summed E-state index contributed by atoms with van der Waals surface area (Å²) in [5, 5.41) is 6.40. The predicted octanol–water partition coefficient (Wildman–Crippen LogP) is 3.68. The molecule has 0 bridgehead atoms. The minimum absolute atomic E-state index is 0.00341. The lowest BCUT2D eigenvalue weighted by molar-refractivity contribution is 0.467. The molecule has 1 aromatic heterocycles. The molecule has 1 heterocycles. The number of hydrogen-bond donors (Lipinski definition) is 1. The molecule has 1 aromatic carbocycles. The highest BCUT2D eigenvalue weighted by atomic mass is 32.1. The number of nitrogens with zero attached hydrogens (tertiary/aromatic N) is 3. The molecule has 3 rings (SSSR count). The third-order valence-electron chi connectivity index (χ3n) is 4.21. The summed E-state index contributed by atoms with van der Waals surface area (Å²) < 4.78 is 27.9. The second-order valence-electron chi connectivity index (χ2n) is 6.24. The molecule has 1 saturated carbocycles. The Morgan fingerprint density at radius 3 is 2.72 bits per heavy atom. The largest absolute Gasteiger partial charge is 0.353 e. The van der Waals surface area contributed by atoms with Crippen molar-refractivity contribution >= 4 is 17.3 Å². The van der Waals surface area contributed by atoms with Crippen molar-refractivity contribution in [2.45, 2.75) is 38.8 Å². The van der Waals surface area contributed by atoms with Crippen LogP contribution >= 0.6 is 11.3 Å². The van der Waals surface area contributed by atoms with Gasteiger partial charge >= 0.3 is 0 Å². The first-order valence-corrected chi connectivity index (χ1v) is 9.24. The number of rotatable bonds is 5. The number of thiazole rings is 1. The second kappa shape index (κ2) is 7.47. The van der Waals surface area contributed by atoms with Crippen LogP contribution in [0.1, 0.15) is 35.5 Å². The molecule has 1 N–H and O–H groups in total. The van der Waals surface area contributed by atoms with Crippen molar-refractivity contribution in [1.29, 1.82) is 0 Å². The third-order valence-corrected chi connectivity index (χ3v) is 5.03. The van der Waals surface area contributed by atoms with Crippen LogP contribution < -0.4 is 5.32 Å². The van der Waals surface area contributed by atoms with E-state index >= 15 is 0 Å². The molecule has 1 fully saturated rings. The van der Waals surface area contributed by atoms with Crippen molar-refractivity contribution in [3.63, 3.8) is 0 Å². The molecule has 0 aliphatic heterocycles. The van der Waals surface area contributed by atoms with E-state index in [1.165, 1.54) is 18.2 Å². The van der Waals surface area contributed by atoms with Crippen molar-refractivity contribution < 1.29 is 8.78 Å². The summed E-state index contributed by atoms with van der Waals surface area (Å²) in [6, 6.07) is 4.01. The summed E-state index contributed by atoms with van der Waals surface area (Å²) >= 11 is 1.62. The Morgan fingerprint density at radius 1 is 1.40 bits per heavy atom. The Morgan fingerprint density at radius 2 is 2.12 bits per heavy atom. The van der Waals surface area contributed by atoms with Crippen LogP contribution in [-0.4, -0.2) is 35.5 Å². The van der Waals surface area contributed by atoms with Crippen LogP contribution in [-0.2, 0) is 6.54 Å². The molecule has 2 atom stereocenters. The lowest BCUT2D eigenvalue weighted by atomic mass is 10.1. The van der Waals surface area contributed by atoms with E-state index < -0.39 is 11.6 Å². The predicted molar refractivity (Wildman–Crippen MR) is 96.9 cm³/mol. The van der Waals surface area contributed by atoms with E-state index in [1.807, 2.05) is 31.2 Å². The Kier molecular flexibility index (Phi) is 5.32. The highest BCUT2D eigenvalue weighted by Crippen LogP contribution is 2.43. The van der Waals surface area contributed by atoms with Crippen molar-refractivity contribution in [3.05, 3.63) is 51.5 Å². The van der Waals surface area contributed by atoms with E-state index in [2.05, 4.69) is 15.3 Å². The topological polar surface area (TPSA) is 40.5 Å². The van der Waals surface area contributed by atoms with Gasteiger partial charge in [0.25, 0.3) is 0 Å². The van der Waals surface area contributed by atoms with E-state index in [4.69, 9.17) is 0 Å². The Labute approximate surface area is 150 Å². The van der Waals surface area contributed by atoms with E-state index in [1.54, 1.807) is 11.3 Å². The average molecular weight is 364 g/mol. The van der Waals surface area contributed by atoms with Crippen LogP contribution in [0.25, 0.3) is 0 Å². The van der Waals surface area contributed by atoms with Gasteiger partial charge in [-0.05, 0) is 32.4 Å². The van der Waals surface area contributed by atoms with E-state index in [9.17, 15) is 8.78 Å². The standard InChI is InChI=1S/C18H22F2N4S/c1-4-21-18(24(3)9-12-10-25-11(2)22-12)23-16-8-13(16)17-14(19)6-5-7-15(17)20/h5-7,10,13,16H,4,8-9H2,1-3H3,(H,21,23). The van der Waals surface area contributed by atoms with Gasteiger partial charge in [0.2, 0.25) is 0 Å². The Bertz CT molecular complexity index is 754. The first-order chi connectivity index (χ1) is 12.0. The summed E-state index contributed by atoms with van der Waals surface area (Å²) in [4.78, 5) is 11.0. The van der Waals surface area contributed by atoms with Gasteiger partial charge < -0.3 is 10.2 Å². The van der Waals surface area contributed by atoms with Gasteiger partial charge in [-0.1, -0.05) is 6.07 Å². The molecule has 1 aliphatic rings. The van der Waals surface area contributed by atoms with E-state index in [0.717, 1.165) is 16.7 Å². The van der Waals surface area contributed by atoms with Gasteiger partial charge in [-0.25, -0.2) is 13.8 Å². The van der Waals surface area contributed by atoms with Crippen LogP contribution in [0.15, 0.2) is 28.6 Å². The molecule has 0 amide bonds. The molecule has 2 aromatic rings. The minimum atomic E-state index is -0.477. The zero-order valence-corrected chi connectivity index (χ0v) is 15.4. The molecule has 2 unspecified atom stereocenters. The SMILES string of the molecule is CCN=C(NC1CC1c1c(F)cccc1F)N(C)Cc1csc(C)n1. The van der Waals surface area contributed by atoms with Crippen molar-refractivity contribution in [2.24, 2.45) is 4.99 Å². The van der Waals surface area contributed by atoms with Crippen LogP contribution in [0.2, 0.25) is 0 Å². The number of halogens is 2. The number of aryl methyl sites for hydroxylation is 1. The summed E-state index contributed by atoms with van der Waals surface area (Å²) in [5.41, 5.74) is 1.16. The quantitative estimate of drug-likeness (QED) is 0.650. The molecule has 134 valence electrons. The van der Waals surface area contributed by atoms with Crippen LogP contribution in [0.3, 0.4) is 0 Å². The van der Waals surface area contributed by atoms with Crippen molar-refractivity contribution in [1.82, 2.24) is 15.2 Å². The number of hydrogen-bond acceptors (Lipinski definition) is 3. The van der Waals surface area contributed by atoms with Gasteiger partial charge in [0.15, 0.2) is 5.96 Å². The maximum atomic E-state index is 13.9. The van der Waals surface area contributed by atoms with Gasteiger partial charge in [0.1, 0.15) is 11.6 Å². The summed E-state index contributed by atoms with van der Waals surface area (Å²) in [7, 11) is 1.94. The van der Waals surface area contributed by atoms with Gasteiger partial charge in [-0.2, -0.15) is 0 Å². The summed E-state index contributed by atoms with van der Waals surface area (Å²) in [6.07, 6.45) is 0.699. The monoisotopic (exact) mass is 364 g/mol. The molecule has 7 heteroatoms. The molecule has 0 radical (unpaired) electrons. The maximum Gasteiger partial charge on any atom is 0.194 e. The van der Waals surface area contributed by atoms with Gasteiger partial charge in [0, 0.05) is 36.5 Å². The highest BCUT2D eigenvalue weighted by molar-refractivity contribution is 7.09. The Balaban J connectivity index is 1.66. The highest BCUT2D eigenvalue weighted by Gasteiger charge is 2.42. The van der Waals surface area contributed by atoms with E-state index in [0.29, 0.717) is 19.5 Å². The second-order valence-corrected chi connectivity index (χ2v) is 7.30. The lowest BCUT2D eigenvalue weighted by Gasteiger charge is -2.22. The number of benzene rings is 1. The molecular formula is C18H22F2N4S. The Hall–Kier alpha value is -2.02. The van der Waals surface area contributed by atoms with E-state index in [-0.39, 0.29) is 17.5 Å². The van der Waals surface area contributed by atoms with Crippen LogP contribution in [0.5, 0.6) is 0 Å². The smallest absolute Gasteiger partial charge is 0.194 e. The van der Waals surface area contributed by atoms with Crippen molar-refractivity contribution in [3.8, 4) is 0 Å². The van der Waals surface area contributed by atoms with Crippen molar-refractivity contribution in [2.75, 3.05) is 13.6 Å². The van der Waals surface area contributed by atoms with Gasteiger partial charge in [0.05, 0.1) is 17.2 Å². The zero-order valence-electron chi connectivity index (χ0n) is 14.6. The van der Waals surface area contributed by atoms with Gasteiger partial charge in [-0.15, -0.1) is 11.3 Å². The molecule has 0 spiro atoms. The zero-order chi connectivity index (χ0) is 18.0. The summed E-state index contributed by atoms with van der Waals surface area (Å²) in [6.45, 7) is 5.21. The average Bonchev–Trinajstić information content (AvgIpc) is 3.18. The molecular weight excluding hydrogens is 342 g/mol. The van der Waals surface area contributed by atoms with Crippen LogP contribution in [0.4, 0.5) is 8.78 Å². The summed E-state index contributed by atoms with van der Waals surface area (Å²) in [5.74, 6) is -0.375. The molecule has 25 heavy (non-hydrogen) atoms. The number of guanidine groups is 1. The number of aliphatic imine (C=N–C) groups is 1. The first kappa shape index (κ1) is 17.8. The maximum absolute atomic E-state index is 13.9. The molecule has 0 saturated heterocycles. The fourth-order valence-electron chi connectivity index (χ4n) is 2.93. The van der Waals surface area contributed by atoms with Gasteiger partial charge in [-0.3, -0.25) is 4.99 Å². The third kappa shape index (κ3) is 4.15.